The molecule has 0 fully saturated rings. The van der Waals surface area contributed by atoms with Crippen molar-refractivity contribution in [2.45, 2.75) is 19.3 Å². The SMILES string of the molecule is [2H]N([2H])c1ccc2c(c1)CCC2. The molecular weight excluding hydrogens is 122 g/mol. The summed E-state index contributed by atoms with van der Waals surface area (Å²) in [6.45, 7) is 0. The lowest BCUT2D eigenvalue weighted by Gasteiger charge is -1.98. The van der Waals surface area contributed by atoms with Crippen molar-refractivity contribution in [3.8, 4) is 0 Å². The Bertz CT molecular complexity index is 297. The van der Waals surface area contributed by atoms with Crippen LogP contribution in [0.1, 0.15) is 17.5 Å². The first-order valence-electron chi connectivity index (χ1n) is 4.56. The van der Waals surface area contributed by atoms with E-state index in [0.29, 0.717) is 11.4 Å². The number of hydrogen-bond donors (Lipinski definition) is 1. The van der Waals surface area contributed by atoms with E-state index in [0.717, 1.165) is 12.8 Å². The van der Waals surface area contributed by atoms with E-state index in [1.165, 1.54) is 17.5 Å². The van der Waals surface area contributed by atoms with E-state index in [1.54, 1.807) is 0 Å². The van der Waals surface area contributed by atoms with Gasteiger partial charge in [-0.05, 0) is 42.5 Å². The van der Waals surface area contributed by atoms with E-state index in [2.05, 4.69) is 0 Å². The van der Waals surface area contributed by atoms with Crippen molar-refractivity contribution in [1.29, 1.82) is 0 Å². The number of fused-ring (bicyclic) bond motifs is 1. The first kappa shape index (κ1) is 4.02. The normalized spacial score (nSPS) is 17.6. The third kappa shape index (κ3) is 0.783. The van der Waals surface area contributed by atoms with Gasteiger partial charge in [0.25, 0.3) is 0 Å². The van der Waals surface area contributed by atoms with E-state index in [-0.39, 0.29) is 0 Å². The van der Waals surface area contributed by atoms with E-state index < -0.39 is 0 Å². The zero-order chi connectivity index (χ0) is 8.55. The summed E-state index contributed by atoms with van der Waals surface area (Å²) in [5.41, 5.74) is 4.03. The molecule has 2 rings (SSSR count). The van der Waals surface area contributed by atoms with Crippen LogP contribution in [-0.2, 0) is 12.8 Å². The van der Waals surface area contributed by atoms with Gasteiger partial charge in [-0.15, -0.1) is 0 Å². The molecular formula is C9H11N. The number of rotatable bonds is 1. The average Bonchev–Trinajstić information content (AvgIpc) is 2.49. The number of nitrogen functional groups attached to an aromatic ring is 1. The maximum absolute atomic E-state index is 7.08. The minimum atomic E-state index is 0.663. The minimum absolute atomic E-state index is 0.663. The van der Waals surface area contributed by atoms with Gasteiger partial charge in [0.1, 0.15) is 0 Å². The van der Waals surface area contributed by atoms with Gasteiger partial charge < -0.3 is 5.72 Å². The Hall–Kier alpha value is -0.980. The molecule has 52 valence electrons. The molecule has 0 saturated carbocycles. The van der Waals surface area contributed by atoms with Crippen LogP contribution in [0.15, 0.2) is 18.2 Å². The van der Waals surface area contributed by atoms with Crippen molar-refractivity contribution < 1.29 is 2.82 Å². The first-order valence-corrected chi connectivity index (χ1v) is 3.67. The summed E-state index contributed by atoms with van der Waals surface area (Å²) in [7, 11) is 0. The van der Waals surface area contributed by atoms with Gasteiger partial charge in [0.05, 0.1) is 0 Å². The molecule has 0 spiro atoms. The highest BCUT2D eigenvalue weighted by molar-refractivity contribution is 5.46. The largest absolute Gasteiger partial charge is 0.399 e. The summed E-state index contributed by atoms with van der Waals surface area (Å²) in [5, 5.41) is 0. The molecule has 0 aliphatic heterocycles. The highest BCUT2D eigenvalue weighted by atomic mass is 14.5. The summed E-state index contributed by atoms with van der Waals surface area (Å²) in [4.78, 5) is 0. The Morgan fingerprint density at radius 3 is 3.10 bits per heavy atom. The van der Waals surface area contributed by atoms with E-state index >= 15 is 0 Å². The number of benzene rings is 1. The lowest BCUT2D eigenvalue weighted by atomic mass is 10.1. The fraction of sp³-hybridized carbons (Fsp3) is 0.333. The number of nitrogens with two attached hydrogens (primary N) is 1. The maximum Gasteiger partial charge on any atom is 0.156 e. The molecule has 0 heterocycles. The highest BCUT2D eigenvalue weighted by Gasteiger charge is 2.09. The smallest absolute Gasteiger partial charge is 0.156 e. The Morgan fingerprint density at radius 1 is 1.30 bits per heavy atom. The zero-order valence-corrected chi connectivity index (χ0v) is 5.80. The molecule has 0 atom stereocenters. The molecule has 0 radical (unpaired) electrons. The standard InChI is InChI=1S/C9H11N/c10-9-5-4-7-2-1-3-8(7)6-9/h4-6H,1-3,10H2/i/hD2. The molecule has 10 heavy (non-hydrogen) atoms. The molecule has 0 saturated heterocycles. The van der Waals surface area contributed by atoms with Crippen LogP contribution in [0.4, 0.5) is 5.69 Å². The van der Waals surface area contributed by atoms with Crippen molar-refractivity contribution in [3.05, 3.63) is 29.3 Å². The highest BCUT2D eigenvalue weighted by Crippen LogP contribution is 2.23. The van der Waals surface area contributed by atoms with Crippen LogP contribution >= 0.6 is 0 Å². The van der Waals surface area contributed by atoms with Crippen LogP contribution in [0.3, 0.4) is 0 Å². The zero-order valence-electron chi connectivity index (χ0n) is 7.80. The monoisotopic (exact) mass is 135 g/mol. The van der Waals surface area contributed by atoms with Gasteiger partial charge in [-0.3, -0.25) is 0 Å². The van der Waals surface area contributed by atoms with Crippen LogP contribution in [0.2, 0.25) is 2.82 Å². The average molecular weight is 135 g/mol. The molecule has 1 aromatic rings. The minimum Gasteiger partial charge on any atom is -0.399 e. The topological polar surface area (TPSA) is 26.0 Å². The Balaban J connectivity index is 2.39. The van der Waals surface area contributed by atoms with Gasteiger partial charge in [0.15, 0.2) is 2.82 Å². The van der Waals surface area contributed by atoms with Gasteiger partial charge in [-0.2, -0.15) is 0 Å². The van der Waals surface area contributed by atoms with Crippen molar-refractivity contribution in [3.63, 3.8) is 0 Å². The second-order valence-corrected chi connectivity index (χ2v) is 2.81. The van der Waals surface area contributed by atoms with Crippen molar-refractivity contribution in [2.24, 2.45) is 0 Å². The fourth-order valence-electron chi connectivity index (χ4n) is 1.56. The Kier molecular flexibility index (Phi) is 0.807. The molecule has 0 aromatic heterocycles. The van der Waals surface area contributed by atoms with E-state index in [1.807, 2.05) is 18.2 Å². The second kappa shape index (κ2) is 2.01. The van der Waals surface area contributed by atoms with E-state index in [4.69, 9.17) is 2.82 Å². The molecule has 0 bridgehead atoms. The van der Waals surface area contributed by atoms with Crippen molar-refractivity contribution in [1.82, 2.24) is 0 Å². The lowest BCUT2D eigenvalue weighted by molar-refractivity contribution is 0.912. The molecule has 1 nitrogen and oxygen atoms in total. The molecule has 1 heteroatoms. The number of hydrogen-bond acceptors (Lipinski definition) is 1. The number of anilines is 1. The first-order chi connectivity index (χ1) is 5.77. The maximum atomic E-state index is 7.08. The summed E-state index contributed by atoms with van der Waals surface area (Å²) in [6, 6.07) is 5.82. The molecule has 0 amide bonds. The Labute approximate surface area is 63.8 Å². The van der Waals surface area contributed by atoms with Crippen molar-refractivity contribution >= 4 is 5.69 Å². The van der Waals surface area contributed by atoms with Gasteiger partial charge in [-0.25, -0.2) is 0 Å². The van der Waals surface area contributed by atoms with E-state index in [9.17, 15) is 0 Å². The summed E-state index contributed by atoms with van der Waals surface area (Å²) in [5.74, 6) is 0. The molecule has 0 unspecified atom stereocenters. The molecule has 1 aromatic carbocycles. The van der Waals surface area contributed by atoms with Gasteiger partial charge in [0, 0.05) is 5.69 Å². The quantitative estimate of drug-likeness (QED) is 0.583. The predicted octanol–water partition coefficient (Wildman–Crippen LogP) is 1.76. The van der Waals surface area contributed by atoms with Gasteiger partial charge in [-0.1, -0.05) is 6.07 Å². The van der Waals surface area contributed by atoms with Crippen LogP contribution in [0.5, 0.6) is 0 Å². The molecule has 1 aliphatic rings. The predicted molar refractivity (Wildman–Crippen MR) is 42.9 cm³/mol. The second-order valence-electron chi connectivity index (χ2n) is 2.81. The van der Waals surface area contributed by atoms with Crippen LogP contribution in [0, 0.1) is 0 Å². The van der Waals surface area contributed by atoms with Crippen LogP contribution in [-0.4, -0.2) is 0 Å². The summed E-state index contributed by atoms with van der Waals surface area (Å²) >= 11 is 0. The third-order valence-corrected chi connectivity index (χ3v) is 2.08. The fourth-order valence-corrected chi connectivity index (χ4v) is 1.56. The van der Waals surface area contributed by atoms with Crippen LogP contribution in [0.25, 0.3) is 0 Å². The van der Waals surface area contributed by atoms with Gasteiger partial charge in [0.2, 0.25) is 0 Å². The van der Waals surface area contributed by atoms with Crippen molar-refractivity contribution in [2.75, 3.05) is 5.72 Å². The third-order valence-electron chi connectivity index (χ3n) is 2.08. The lowest BCUT2D eigenvalue weighted by Crippen LogP contribution is -1.87. The summed E-state index contributed by atoms with van der Waals surface area (Å²) in [6.07, 6.45) is 3.48. The molecule has 1 aliphatic carbocycles. The summed E-state index contributed by atoms with van der Waals surface area (Å²) < 4.78 is 14.2. The molecule has 2 N–H and O–H groups in total. The van der Waals surface area contributed by atoms with Gasteiger partial charge >= 0.3 is 0 Å². The number of aryl methyl sites for hydroxylation is 2. The Morgan fingerprint density at radius 2 is 2.20 bits per heavy atom. The van der Waals surface area contributed by atoms with Crippen LogP contribution < -0.4 is 5.72 Å².